The largest absolute Gasteiger partial charge is 0.497 e. The van der Waals surface area contributed by atoms with E-state index in [4.69, 9.17) is 19.6 Å². The molecule has 4 N–H and O–H groups in total. The maximum atomic E-state index is 12.2. The van der Waals surface area contributed by atoms with E-state index in [1.165, 1.54) is 0 Å². The molecule has 4 rings (SSSR count). The van der Waals surface area contributed by atoms with Crippen molar-refractivity contribution in [2.24, 2.45) is 5.14 Å². The van der Waals surface area contributed by atoms with Crippen molar-refractivity contribution < 1.29 is 13.7 Å². The molecule has 3 aromatic carbocycles. The van der Waals surface area contributed by atoms with Crippen LogP contribution in [0, 0.1) is 0 Å². The SMILES string of the molecule is C=S(N)(=O)c1cccc(Nc2ncc(-c3ccc(OCC)cc3)c(NCc3ccc(OC)cc3)n2)c1. The van der Waals surface area contributed by atoms with Crippen LogP contribution in [0.3, 0.4) is 0 Å². The number of aromatic nitrogens is 2. The van der Waals surface area contributed by atoms with Crippen molar-refractivity contribution in [1.29, 1.82) is 0 Å². The summed E-state index contributed by atoms with van der Waals surface area (Å²) in [6.45, 7) is 3.11. The molecule has 1 aromatic heterocycles. The van der Waals surface area contributed by atoms with Crippen LogP contribution in [0.5, 0.6) is 11.5 Å². The normalized spacial score (nSPS) is 12.4. The number of anilines is 3. The van der Waals surface area contributed by atoms with Crippen LogP contribution in [0.4, 0.5) is 17.5 Å². The van der Waals surface area contributed by atoms with Crippen LogP contribution in [-0.4, -0.2) is 33.8 Å². The zero-order valence-corrected chi connectivity index (χ0v) is 21.0. The van der Waals surface area contributed by atoms with E-state index in [9.17, 15) is 4.21 Å². The van der Waals surface area contributed by atoms with E-state index in [1.807, 2.05) is 61.5 Å². The van der Waals surface area contributed by atoms with Crippen LogP contribution in [0.1, 0.15) is 12.5 Å². The zero-order chi connectivity index (χ0) is 25.5. The Kier molecular flexibility index (Phi) is 7.72. The van der Waals surface area contributed by atoms with Gasteiger partial charge in [0.15, 0.2) is 0 Å². The van der Waals surface area contributed by atoms with Gasteiger partial charge in [-0.05, 0) is 66.4 Å². The fourth-order valence-electron chi connectivity index (χ4n) is 3.53. The molecule has 1 heterocycles. The van der Waals surface area contributed by atoms with Crippen molar-refractivity contribution in [2.45, 2.75) is 18.4 Å². The van der Waals surface area contributed by atoms with Crippen LogP contribution in [0.25, 0.3) is 11.1 Å². The fourth-order valence-corrected chi connectivity index (χ4v) is 4.17. The molecule has 0 aliphatic carbocycles. The standard InChI is InChI=1S/C27H29N5O3S/c1-4-35-23-14-10-20(11-15-23)25-18-30-27(31-21-6-5-7-24(16-21)36(3,28)33)32-26(25)29-17-19-8-12-22(34-2)13-9-19/h5-16,18H,3-4,17H2,1-2H3,(H2,28,33)(H2,29,30,31,32). The molecule has 0 saturated carbocycles. The molecule has 0 amide bonds. The van der Waals surface area contributed by atoms with Crippen molar-refractivity contribution in [1.82, 2.24) is 9.97 Å². The summed E-state index contributed by atoms with van der Waals surface area (Å²) in [4.78, 5) is 9.69. The maximum absolute atomic E-state index is 12.2. The highest BCUT2D eigenvalue weighted by Crippen LogP contribution is 2.30. The van der Waals surface area contributed by atoms with Crippen molar-refractivity contribution >= 4 is 33.0 Å². The Morgan fingerprint density at radius 3 is 2.42 bits per heavy atom. The zero-order valence-electron chi connectivity index (χ0n) is 20.2. The van der Waals surface area contributed by atoms with Gasteiger partial charge in [0, 0.05) is 28.9 Å². The monoisotopic (exact) mass is 503 g/mol. The Bertz CT molecular complexity index is 1420. The third-order valence-electron chi connectivity index (χ3n) is 5.37. The Labute approximate surface area is 211 Å². The van der Waals surface area contributed by atoms with Crippen molar-refractivity contribution in [3.63, 3.8) is 0 Å². The minimum atomic E-state index is -2.83. The van der Waals surface area contributed by atoms with Crippen LogP contribution in [-0.2, 0) is 16.3 Å². The molecule has 1 atom stereocenters. The van der Waals surface area contributed by atoms with Gasteiger partial charge in [-0.2, -0.15) is 4.98 Å². The number of nitrogens with zero attached hydrogens (tertiary/aromatic N) is 2. The molecule has 1 unspecified atom stereocenters. The molecule has 0 bridgehead atoms. The van der Waals surface area contributed by atoms with Gasteiger partial charge in [0.05, 0.1) is 23.4 Å². The second-order valence-corrected chi connectivity index (χ2v) is 9.92. The van der Waals surface area contributed by atoms with Crippen molar-refractivity contribution in [2.75, 3.05) is 24.4 Å². The molecule has 0 saturated heterocycles. The number of hydrogen-bond acceptors (Lipinski definition) is 7. The number of hydrogen-bond donors (Lipinski definition) is 3. The van der Waals surface area contributed by atoms with Crippen LogP contribution in [0.2, 0.25) is 0 Å². The lowest BCUT2D eigenvalue weighted by Crippen LogP contribution is -2.12. The van der Waals surface area contributed by atoms with Gasteiger partial charge < -0.3 is 20.1 Å². The summed E-state index contributed by atoms with van der Waals surface area (Å²) in [6.07, 6.45) is 1.76. The quantitative estimate of drug-likeness (QED) is 0.265. The third kappa shape index (κ3) is 6.32. The molecule has 0 spiro atoms. The predicted molar refractivity (Wildman–Crippen MR) is 146 cm³/mol. The van der Waals surface area contributed by atoms with Crippen molar-refractivity contribution in [3.05, 3.63) is 84.6 Å². The Morgan fingerprint density at radius 1 is 1.03 bits per heavy atom. The van der Waals surface area contributed by atoms with E-state index in [2.05, 4.69) is 21.5 Å². The van der Waals surface area contributed by atoms with E-state index < -0.39 is 9.71 Å². The highest BCUT2D eigenvalue weighted by atomic mass is 32.2. The summed E-state index contributed by atoms with van der Waals surface area (Å²) >= 11 is 0. The average molecular weight is 504 g/mol. The summed E-state index contributed by atoms with van der Waals surface area (Å²) in [7, 11) is -1.19. The summed E-state index contributed by atoms with van der Waals surface area (Å²) < 4.78 is 23.0. The first-order valence-electron chi connectivity index (χ1n) is 11.3. The first-order chi connectivity index (χ1) is 17.4. The molecule has 0 aliphatic rings. The Balaban J connectivity index is 1.64. The minimum absolute atomic E-state index is 0.381. The lowest BCUT2D eigenvalue weighted by molar-refractivity contribution is 0.340. The van der Waals surface area contributed by atoms with E-state index in [-0.39, 0.29) is 0 Å². The summed E-state index contributed by atoms with van der Waals surface area (Å²) in [5.41, 5.74) is 3.52. The number of nitrogens with one attached hydrogen (secondary N) is 2. The predicted octanol–water partition coefficient (Wildman–Crippen LogP) is 4.86. The van der Waals surface area contributed by atoms with E-state index >= 15 is 0 Å². The molecule has 36 heavy (non-hydrogen) atoms. The first-order valence-corrected chi connectivity index (χ1v) is 13.1. The average Bonchev–Trinajstić information content (AvgIpc) is 2.88. The topological polar surface area (TPSA) is 111 Å². The van der Waals surface area contributed by atoms with Crippen LogP contribution in [0.15, 0.2) is 83.9 Å². The first kappa shape index (κ1) is 25.0. The molecule has 9 heteroatoms. The molecule has 0 fully saturated rings. The van der Waals surface area contributed by atoms with Gasteiger partial charge in [-0.25, -0.2) is 9.19 Å². The smallest absolute Gasteiger partial charge is 0.229 e. The van der Waals surface area contributed by atoms with Gasteiger partial charge in [0.1, 0.15) is 17.3 Å². The van der Waals surface area contributed by atoms with Gasteiger partial charge >= 0.3 is 0 Å². The summed E-state index contributed by atoms with van der Waals surface area (Å²) in [6, 6.07) is 22.6. The van der Waals surface area contributed by atoms with E-state index in [0.29, 0.717) is 35.5 Å². The highest BCUT2D eigenvalue weighted by Gasteiger charge is 2.12. The van der Waals surface area contributed by atoms with E-state index in [0.717, 1.165) is 28.2 Å². The maximum Gasteiger partial charge on any atom is 0.229 e. The Morgan fingerprint density at radius 2 is 1.75 bits per heavy atom. The van der Waals surface area contributed by atoms with Gasteiger partial charge in [-0.15, -0.1) is 0 Å². The van der Waals surface area contributed by atoms with Crippen molar-refractivity contribution in [3.8, 4) is 22.6 Å². The third-order valence-corrected chi connectivity index (χ3v) is 6.43. The molecule has 0 radical (unpaired) electrons. The van der Waals surface area contributed by atoms with Gasteiger partial charge in [-0.1, -0.05) is 30.3 Å². The van der Waals surface area contributed by atoms with Crippen LogP contribution < -0.4 is 25.2 Å². The Hall–Kier alpha value is -4.08. The molecule has 0 aliphatic heterocycles. The molecular weight excluding hydrogens is 474 g/mol. The summed E-state index contributed by atoms with van der Waals surface area (Å²) in [5, 5.41) is 12.3. The lowest BCUT2D eigenvalue weighted by atomic mass is 10.1. The second-order valence-electron chi connectivity index (χ2n) is 7.99. The molecule has 8 nitrogen and oxygen atoms in total. The number of ether oxygens (including phenoxy) is 2. The van der Waals surface area contributed by atoms with Gasteiger partial charge in [0.2, 0.25) is 5.95 Å². The second kappa shape index (κ2) is 11.1. The number of methoxy groups -OCH3 is 1. The van der Waals surface area contributed by atoms with Crippen LogP contribution >= 0.6 is 0 Å². The van der Waals surface area contributed by atoms with Gasteiger partial charge in [-0.3, -0.25) is 5.14 Å². The highest BCUT2D eigenvalue weighted by molar-refractivity contribution is 7.98. The number of nitrogens with two attached hydrogens (primary N) is 1. The summed E-state index contributed by atoms with van der Waals surface area (Å²) in [5.74, 6) is 6.19. The molecule has 186 valence electrons. The minimum Gasteiger partial charge on any atom is -0.497 e. The van der Waals surface area contributed by atoms with Gasteiger partial charge in [0.25, 0.3) is 0 Å². The van der Waals surface area contributed by atoms with E-state index in [1.54, 1.807) is 31.5 Å². The molecular formula is C27H29N5O3S. The number of rotatable bonds is 10. The lowest BCUT2D eigenvalue weighted by Gasteiger charge is -2.14. The fraction of sp³-hybridized carbons (Fsp3) is 0.148. The number of benzene rings is 3. The molecule has 4 aromatic rings.